The molecule has 1 aromatic rings. The van der Waals surface area contributed by atoms with Gasteiger partial charge in [-0.2, -0.15) is 0 Å². The zero-order chi connectivity index (χ0) is 9.10. The summed E-state index contributed by atoms with van der Waals surface area (Å²) in [7, 11) is 0. The number of hydrogen-bond acceptors (Lipinski definition) is 1. The minimum atomic E-state index is 0. The van der Waals surface area contributed by atoms with Gasteiger partial charge < -0.3 is 5.32 Å². The molecular formula is C12H14ClN. The van der Waals surface area contributed by atoms with Crippen molar-refractivity contribution in [3.63, 3.8) is 0 Å². The van der Waals surface area contributed by atoms with Crippen LogP contribution in [0, 0.1) is 12.3 Å². The lowest BCUT2D eigenvalue weighted by Crippen LogP contribution is -2.12. The molecule has 0 radical (unpaired) electrons. The highest BCUT2D eigenvalue weighted by molar-refractivity contribution is 5.85. The smallest absolute Gasteiger partial charge is 0.0320 e. The van der Waals surface area contributed by atoms with E-state index in [0.717, 1.165) is 12.1 Å². The van der Waals surface area contributed by atoms with Gasteiger partial charge in [-0.05, 0) is 37.1 Å². The molecule has 1 aliphatic rings. The van der Waals surface area contributed by atoms with E-state index >= 15 is 0 Å². The zero-order valence-electron chi connectivity index (χ0n) is 7.99. The average molecular weight is 208 g/mol. The molecule has 1 N–H and O–H groups in total. The van der Waals surface area contributed by atoms with Gasteiger partial charge in [0.15, 0.2) is 0 Å². The molecule has 0 spiro atoms. The molecule has 1 nitrogen and oxygen atoms in total. The lowest BCUT2D eigenvalue weighted by Gasteiger charge is -2.09. The SMILES string of the molecule is C#Cc1ccc(C2CCCN2)cc1.Cl. The van der Waals surface area contributed by atoms with Gasteiger partial charge in [0.05, 0.1) is 0 Å². The van der Waals surface area contributed by atoms with Crippen molar-refractivity contribution in [2.75, 3.05) is 6.54 Å². The van der Waals surface area contributed by atoms with E-state index in [4.69, 9.17) is 6.42 Å². The Labute approximate surface area is 91.3 Å². The third kappa shape index (κ3) is 2.29. The van der Waals surface area contributed by atoms with Crippen LogP contribution in [-0.2, 0) is 0 Å². The molecule has 1 fully saturated rings. The first kappa shape index (κ1) is 11.1. The average Bonchev–Trinajstić information content (AvgIpc) is 2.71. The summed E-state index contributed by atoms with van der Waals surface area (Å²) in [6.45, 7) is 1.14. The van der Waals surface area contributed by atoms with Crippen molar-refractivity contribution in [3.05, 3.63) is 35.4 Å². The van der Waals surface area contributed by atoms with Crippen molar-refractivity contribution in [1.29, 1.82) is 0 Å². The molecule has 0 bridgehead atoms. The summed E-state index contributed by atoms with van der Waals surface area (Å²) in [5.41, 5.74) is 2.32. The maximum Gasteiger partial charge on any atom is 0.0320 e. The summed E-state index contributed by atoms with van der Waals surface area (Å²) in [4.78, 5) is 0. The molecule has 1 aromatic carbocycles. The quantitative estimate of drug-likeness (QED) is 0.698. The third-order valence-electron chi connectivity index (χ3n) is 2.54. The van der Waals surface area contributed by atoms with E-state index in [1.807, 2.05) is 12.1 Å². The molecule has 0 amide bonds. The zero-order valence-corrected chi connectivity index (χ0v) is 8.81. The summed E-state index contributed by atoms with van der Waals surface area (Å²) < 4.78 is 0. The Kier molecular flexibility index (Phi) is 4.00. The number of benzene rings is 1. The molecule has 0 saturated carbocycles. The third-order valence-corrected chi connectivity index (χ3v) is 2.54. The fourth-order valence-corrected chi connectivity index (χ4v) is 1.78. The van der Waals surface area contributed by atoms with Gasteiger partial charge in [-0.1, -0.05) is 18.1 Å². The Bertz CT molecular complexity index is 317. The van der Waals surface area contributed by atoms with Gasteiger partial charge >= 0.3 is 0 Å². The van der Waals surface area contributed by atoms with Gasteiger partial charge in [-0.3, -0.25) is 0 Å². The highest BCUT2D eigenvalue weighted by atomic mass is 35.5. The largest absolute Gasteiger partial charge is 0.310 e. The lowest BCUT2D eigenvalue weighted by atomic mass is 10.0. The molecule has 1 heterocycles. The van der Waals surface area contributed by atoms with Gasteiger partial charge in [-0.25, -0.2) is 0 Å². The molecule has 1 unspecified atom stereocenters. The van der Waals surface area contributed by atoms with Crippen molar-refractivity contribution in [2.45, 2.75) is 18.9 Å². The van der Waals surface area contributed by atoms with Gasteiger partial charge in [0, 0.05) is 11.6 Å². The Balaban J connectivity index is 0.000000980. The maximum absolute atomic E-state index is 5.29. The highest BCUT2D eigenvalue weighted by Gasteiger charge is 2.15. The molecule has 2 heteroatoms. The Hall–Kier alpha value is -0.970. The van der Waals surface area contributed by atoms with Crippen LogP contribution in [0.5, 0.6) is 0 Å². The molecule has 14 heavy (non-hydrogen) atoms. The standard InChI is InChI=1S/C12H13N.ClH/c1-2-10-5-7-11(8-6-10)12-4-3-9-13-12;/h1,5-8,12-13H,3-4,9H2;1H. The summed E-state index contributed by atoms with van der Waals surface area (Å²) in [6.07, 6.45) is 7.81. The molecule has 74 valence electrons. The van der Waals surface area contributed by atoms with E-state index in [9.17, 15) is 0 Å². The molecule has 1 atom stereocenters. The van der Waals surface area contributed by atoms with Crippen LogP contribution in [0.15, 0.2) is 24.3 Å². The molecule has 0 aromatic heterocycles. The van der Waals surface area contributed by atoms with Gasteiger partial charge in [0.1, 0.15) is 0 Å². The monoisotopic (exact) mass is 207 g/mol. The van der Waals surface area contributed by atoms with Crippen LogP contribution >= 0.6 is 12.4 Å². The predicted molar refractivity (Wildman–Crippen MR) is 61.6 cm³/mol. The fraction of sp³-hybridized carbons (Fsp3) is 0.333. The van der Waals surface area contributed by atoms with Crippen LogP contribution in [0.1, 0.15) is 30.0 Å². The number of rotatable bonds is 1. The fourth-order valence-electron chi connectivity index (χ4n) is 1.78. The lowest BCUT2D eigenvalue weighted by molar-refractivity contribution is 0.648. The van der Waals surface area contributed by atoms with E-state index in [-0.39, 0.29) is 12.4 Å². The van der Waals surface area contributed by atoms with Crippen molar-refractivity contribution in [3.8, 4) is 12.3 Å². The minimum absolute atomic E-state index is 0. The molecule has 0 aliphatic carbocycles. The van der Waals surface area contributed by atoms with E-state index in [1.165, 1.54) is 18.4 Å². The van der Waals surface area contributed by atoms with Gasteiger partial charge in [0.25, 0.3) is 0 Å². The van der Waals surface area contributed by atoms with E-state index < -0.39 is 0 Å². The van der Waals surface area contributed by atoms with Crippen LogP contribution in [0.2, 0.25) is 0 Å². The van der Waals surface area contributed by atoms with Crippen molar-refractivity contribution in [2.24, 2.45) is 0 Å². The Morgan fingerprint density at radius 3 is 2.50 bits per heavy atom. The molecule has 1 saturated heterocycles. The summed E-state index contributed by atoms with van der Waals surface area (Å²) in [5, 5.41) is 3.46. The number of nitrogens with one attached hydrogen (secondary N) is 1. The van der Waals surface area contributed by atoms with Crippen molar-refractivity contribution >= 4 is 12.4 Å². The van der Waals surface area contributed by atoms with E-state index in [2.05, 4.69) is 23.4 Å². The normalized spacial score (nSPS) is 19.8. The highest BCUT2D eigenvalue weighted by Crippen LogP contribution is 2.22. The second-order valence-electron chi connectivity index (χ2n) is 3.42. The van der Waals surface area contributed by atoms with E-state index in [1.54, 1.807) is 0 Å². The first-order valence-electron chi connectivity index (χ1n) is 4.70. The second kappa shape index (κ2) is 5.05. The van der Waals surface area contributed by atoms with Crippen LogP contribution in [0.4, 0.5) is 0 Å². The summed E-state index contributed by atoms with van der Waals surface area (Å²) in [5.74, 6) is 2.62. The van der Waals surface area contributed by atoms with Crippen molar-refractivity contribution in [1.82, 2.24) is 5.32 Å². The number of hydrogen-bond donors (Lipinski definition) is 1. The van der Waals surface area contributed by atoms with Crippen LogP contribution in [0.3, 0.4) is 0 Å². The van der Waals surface area contributed by atoms with Crippen LogP contribution in [-0.4, -0.2) is 6.54 Å². The maximum atomic E-state index is 5.29. The molecular weight excluding hydrogens is 194 g/mol. The Morgan fingerprint density at radius 1 is 1.29 bits per heavy atom. The van der Waals surface area contributed by atoms with Crippen LogP contribution < -0.4 is 5.32 Å². The molecule has 2 rings (SSSR count). The topological polar surface area (TPSA) is 12.0 Å². The van der Waals surface area contributed by atoms with Gasteiger partial charge in [0.2, 0.25) is 0 Å². The minimum Gasteiger partial charge on any atom is -0.310 e. The number of halogens is 1. The second-order valence-corrected chi connectivity index (χ2v) is 3.42. The van der Waals surface area contributed by atoms with E-state index in [0.29, 0.717) is 6.04 Å². The predicted octanol–water partition coefficient (Wildman–Crippen LogP) is 2.51. The summed E-state index contributed by atoms with van der Waals surface area (Å²) >= 11 is 0. The van der Waals surface area contributed by atoms with Gasteiger partial charge in [-0.15, -0.1) is 18.8 Å². The first-order chi connectivity index (χ1) is 6.40. The van der Waals surface area contributed by atoms with Crippen LogP contribution in [0.25, 0.3) is 0 Å². The summed E-state index contributed by atoms with van der Waals surface area (Å²) in [6, 6.07) is 8.81. The Morgan fingerprint density at radius 2 is 2.00 bits per heavy atom. The molecule has 1 aliphatic heterocycles. The van der Waals surface area contributed by atoms with Crippen molar-refractivity contribution < 1.29 is 0 Å². The number of terminal acetylenes is 1. The first-order valence-corrected chi connectivity index (χ1v) is 4.70.